The molecule has 1 rings (SSSR count). The van der Waals surface area contributed by atoms with Crippen molar-refractivity contribution in [3.05, 3.63) is 0 Å². The first kappa shape index (κ1) is 19.4. The summed E-state index contributed by atoms with van der Waals surface area (Å²) in [7, 11) is 1.62. The molecule has 0 aromatic heterocycles. The van der Waals surface area contributed by atoms with Crippen LogP contribution in [0.25, 0.3) is 0 Å². The summed E-state index contributed by atoms with van der Waals surface area (Å²) in [6, 6.07) is 0. The summed E-state index contributed by atoms with van der Waals surface area (Å²) in [5.74, 6) is 0. The van der Waals surface area contributed by atoms with Crippen molar-refractivity contribution in [2.45, 2.75) is 6.10 Å². The van der Waals surface area contributed by atoms with Crippen molar-refractivity contribution in [2.24, 2.45) is 0 Å². The molecule has 1 unspecified atom stereocenters. The Morgan fingerprint density at radius 2 is 1.47 bits per heavy atom. The van der Waals surface area contributed by atoms with E-state index in [1.165, 1.54) is 0 Å². The van der Waals surface area contributed by atoms with Gasteiger partial charge in [0.15, 0.2) is 0 Å². The van der Waals surface area contributed by atoms with E-state index in [0.717, 1.165) is 52.4 Å². The van der Waals surface area contributed by atoms with E-state index in [-0.39, 0.29) is 19.5 Å². The van der Waals surface area contributed by atoms with E-state index >= 15 is 0 Å². The van der Waals surface area contributed by atoms with Gasteiger partial charge in [-0.1, -0.05) is 0 Å². The molecule has 0 saturated carbocycles. The number of nitrogens with one attached hydrogen (secondary N) is 3. The smallest absolute Gasteiger partial charge is 0.389 e. The molecular formula is C12H28N4O2Zn+2. The van der Waals surface area contributed by atoms with Gasteiger partial charge >= 0.3 is 19.5 Å². The van der Waals surface area contributed by atoms with Gasteiger partial charge in [0.2, 0.25) is 0 Å². The number of ether oxygens (including phenoxy) is 1. The van der Waals surface area contributed by atoms with Gasteiger partial charge in [-0.15, -0.1) is 0 Å². The Hall–Kier alpha value is 0.383. The van der Waals surface area contributed by atoms with Crippen molar-refractivity contribution in [2.75, 3.05) is 72.6 Å². The molecule has 19 heavy (non-hydrogen) atoms. The molecule has 1 heterocycles. The Kier molecular flexibility index (Phi) is 13.6. The number of hydrogen-bond acceptors (Lipinski definition) is 6. The largest absolute Gasteiger partial charge is 2.00 e. The van der Waals surface area contributed by atoms with E-state index in [9.17, 15) is 5.11 Å². The van der Waals surface area contributed by atoms with Crippen LogP contribution in [0.1, 0.15) is 0 Å². The molecule has 1 fully saturated rings. The number of hydrogen-bond donors (Lipinski definition) is 4. The quantitative estimate of drug-likeness (QED) is 0.452. The molecule has 0 spiro atoms. The molecule has 4 N–H and O–H groups in total. The standard InChI is InChI=1S/C12H28N4O2.Zn/c1-18-11-12(17)10-16-8-6-14-4-2-13-3-5-15-7-9-16;/h12-15,17H,2-11H2,1H3;/q;+2. The van der Waals surface area contributed by atoms with E-state index in [2.05, 4.69) is 20.9 Å². The molecule has 1 aliphatic heterocycles. The van der Waals surface area contributed by atoms with Crippen LogP contribution in [0.5, 0.6) is 0 Å². The maximum Gasteiger partial charge on any atom is 2.00 e. The SMILES string of the molecule is COCC(O)CN1CCNCCNCCNCC1.[Zn+2]. The third-order valence-electron chi connectivity index (χ3n) is 2.99. The number of aliphatic hydroxyl groups excluding tert-OH is 1. The molecule has 0 aromatic rings. The van der Waals surface area contributed by atoms with Gasteiger partial charge in [0, 0.05) is 66.0 Å². The molecule has 1 aliphatic rings. The summed E-state index contributed by atoms with van der Waals surface area (Å²) in [5.41, 5.74) is 0. The second kappa shape index (κ2) is 13.4. The average molecular weight is 326 g/mol. The van der Waals surface area contributed by atoms with Crippen LogP contribution >= 0.6 is 0 Å². The van der Waals surface area contributed by atoms with Crippen LogP contribution in [0.15, 0.2) is 0 Å². The van der Waals surface area contributed by atoms with Crippen LogP contribution in [-0.2, 0) is 24.2 Å². The van der Waals surface area contributed by atoms with Gasteiger partial charge in [-0.3, -0.25) is 4.90 Å². The van der Waals surface area contributed by atoms with Crippen molar-refractivity contribution in [3.8, 4) is 0 Å². The number of β-amino-alcohol motifs (C(OH)–C–C–N with tert-alkyl or cyclic N) is 1. The topological polar surface area (TPSA) is 68.8 Å². The zero-order valence-electron chi connectivity index (χ0n) is 12.2. The molecule has 1 atom stereocenters. The molecule has 0 aliphatic carbocycles. The molecule has 0 radical (unpaired) electrons. The zero-order valence-corrected chi connectivity index (χ0v) is 15.1. The minimum Gasteiger partial charge on any atom is -0.389 e. The van der Waals surface area contributed by atoms with Crippen molar-refractivity contribution in [1.82, 2.24) is 20.9 Å². The van der Waals surface area contributed by atoms with Crippen molar-refractivity contribution in [3.63, 3.8) is 0 Å². The Morgan fingerprint density at radius 3 is 1.95 bits per heavy atom. The first-order valence-corrected chi connectivity index (χ1v) is 6.84. The zero-order chi connectivity index (χ0) is 13.1. The van der Waals surface area contributed by atoms with Gasteiger partial charge in [0.1, 0.15) is 0 Å². The first-order valence-electron chi connectivity index (χ1n) is 6.84. The number of rotatable bonds is 4. The van der Waals surface area contributed by atoms with Crippen LogP contribution in [0.2, 0.25) is 0 Å². The van der Waals surface area contributed by atoms with E-state index in [1.807, 2.05) is 0 Å². The molecule has 7 heteroatoms. The Morgan fingerprint density at radius 1 is 1.00 bits per heavy atom. The summed E-state index contributed by atoms with van der Waals surface area (Å²) < 4.78 is 4.97. The fourth-order valence-electron chi connectivity index (χ4n) is 2.04. The van der Waals surface area contributed by atoms with Crippen molar-refractivity contribution in [1.29, 1.82) is 0 Å². The Labute approximate surface area is 129 Å². The van der Waals surface area contributed by atoms with Gasteiger partial charge in [-0.05, 0) is 0 Å². The molecule has 108 valence electrons. The van der Waals surface area contributed by atoms with Gasteiger partial charge < -0.3 is 25.8 Å². The molecule has 0 amide bonds. The van der Waals surface area contributed by atoms with Gasteiger partial charge in [0.25, 0.3) is 0 Å². The first-order chi connectivity index (χ1) is 8.83. The average Bonchev–Trinajstić information content (AvgIpc) is 2.33. The fraction of sp³-hybridized carbons (Fsp3) is 1.00. The number of methoxy groups -OCH3 is 1. The second-order valence-corrected chi connectivity index (χ2v) is 4.66. The molecular weight excluding hydrogens is 298 g/mol. The van der Waals surface area contributed by atoms with Crippen molar-refractivity contribution < 1.29 is 29.3 Å². The molecule has 0 bridgehead atoms. The number of aliphatic hydroxyl groups is 1. The predicted octanol–water partition coefficient (Wildman–Crippen LogP) is -1.92. The predicted molar refractivity (Wildman–Crippen MR) is 72.9 cm³/mol. The van der Waals surface area contributed by atoms with Crippen molar-refractivity contribution >= 4 is 0 Å². The van der Waals surface area contributed by atoms with Crippen LogP contribution in [0.3, 0.4) is 0 Å². The third kappa shape index (κ3) is 10.8. The minimum atomic E-state index is -0.399. The minimum absolute atomic E-state index is 0. The molecule has 6 nitrogen and oxygen atoms in total. The summed E-state index contributed by atoms with van der Waals surface area (Å²) >= 11 is 0. The number of nitrogens with zero attached hydrogens (tertiary/aromatic N) is 1. The summed E-state index contributed by atoms with van der Waals surface area (Å²) in [4.78, 5) is 2.28. The van der Waals surface area contributed by atoms with Crippen LogP contribution in [0.4, 0.5) is 0 Å². The van der Waals surface area contributed by atoms with E-state index in [4.69, 9.17) is 4.74 Å². The van der Waals surface area contributed by atoms with E-state index < -0.39 is 6.10 Å². The van der Waals surface area contributed by atoms with Crippen LogP contribution < -0.4 is 16.0 Å². The fourth-order valence-corrected chi connectivity index (χ4v) is 2.04. The van der Waals surface area contributed by atoms with E-state index in [1.54, 1.807) is 7.11 Å². The summed E-state index contributed by atoms with van der Waals surface area (Å²) in [6.45, 7) is 8.93. The third-order valence-corrected chi connectivity index (χ3v) is 2.99. The normalized spacial score (nSPS) is 21.8. The maximum atomic E-state index is 9.77. The summed E-state index contributed by atoms with van der Waals surface area (Å²) in [5, 5.41) is 19.9. The van der Waals surface area contributed by atoms with Crippen LogP contribution in [0, 0.1) is 0 Å². The maximum absolute atomic E-state index is 9.77. The van der Waals surface area contributed by atoms with Gasteiger partial charge in [-0.25, -0.2) is 0 Å². The van der Waals surface area contributed by atoms with E-state index in [0.29, 0.717) is 13.2 Å². The Balaban J connectivity index is 0.00000324. The van der Waals surface area contributed by atoms with Gasteiger partial charge in [0.05, 0.1) is 12.7 Å². The monoisotopic (exact) mass is 324 g/mol. The molecule has 1 saturated heterocycles. The Bertz CT molecular complexity index is 189. The van der Waals surface area contributed by atoms with Gasteiger partial charge in [-0.2, -0.15) is 0 Å². The second-order valence-electron chi connectivity index (χ2n) is 4.66. The summed E-state index contributed by atoms with van der Waals surface area (Å²) in [6.07, 6.45) is -0.399. The molecule has 0 aromatic carbocycles. The van der Waals surface area contributed by atoms with Crippen LogP contribution in [-0.4, -0.2) is 88.7 Å².